The standard InChI is InChI=1S/C4H9O.2C2H5O.Sb/c1-2-3-4-5;2*1-2-3;/h2-4H2,1H3;2*2H2,1H3;/q3*-1;+3. The van der Waals surface area contributed by atoms with Crippen LogP contribution >= 0.6 is 0 Å². The van der Waals surface area contributed by atoms with Gasteiger partial charge in [0.25, 0.3) is 0 Å². The van der Waals surface area contributed by atoms with Crippen molar-refractivity contribution in [2.24, 2.45) is 0 Å². The molecule has 0 bridgehead atoms. The second kappa shape index (κ2) is 9.78. The van der Waals surface area contributed by atoms with Crippen molar-refractivity contribution < 1.29 is 9.05 Å². The number of unbranched alkanes of at least 4 members (excludes halogenated alkanes) is 1. The molecule has 0 spiro atoms. The van der Waals surface area contributed by atoms with Crippen LogP contribution in [0.5, 0.6) is 0 Å². The predicted octanol–water partition coefficient (Wildman–Crippen LogP) is 1.86. The number of rotatable bonds is 8. The quantitative estimate of drug-likeness (QED) is 0.503. The topological polar surface area (TPSA) is 27.7 Å². The molecule has 0 rings (SSSR count). The molecule has 0 heterocycles. The molecule has 0 fully saturated rings. The Morgan fingerprint density at radius 2 is 1.50 bits per heavy atom. The van der Waals surface area contributed by atoms with Crippen molar-refractivity contribution >= 4 is 21.5 Å². The third-order valence-corrected chi connectivity index (χ3v) is 4.96. The van der Waals surface area contributed by atoms with Crippen LogP contribution in [-0.4, -0.2) is 41.3 Å². The first-order chi connectivity index (χ1) is 5.85. The fourth-order valence-corrected chi connectivity index (χ4v) is 3.24. The van der Waals surface area contributed by atoms with Gasteiger partial charge in [0.05, 0.1) is 0 Å². The molecule has 0 aromatic rings. The van der Waals surface area contributed by atoms with Crippen LogP contribution in [0.3, 0.4) is 0 Å². The van der Waals surface area contributed by atoms with Crippen LogP contribution in [-0.2, 0) is 9.05 Å². The van der Waals surface area contributed by atoms with Crippen LogP contribution in [0.2, 0.25) is 0 Å². The molecule has 0 amide bonds. The van der Waals surface area contributed by atoms with Gasteiger partial charge in [-0.2, -0.15) is 0 Å². The number of hydrogen-bond acceptors (Lipinski definition) is 3. The van der Waals surface area contributed by atoms with E-state index in [9.17, 15) is 0 Å². The third kappa shape index (κ3) is 7.35. The Balaban J connectivity index is 3.34. The molecule has 0 radical (unpaired) electrons. The van der Waals surface area contributed by atoms with Crippen molar-refractivity contribution in [3.8, 4) is 0 Å². The summed E-state index contributed by atoms with van der Waals surface area (Å²) in [5.74, 6) is 0. The van der Waals surface area contributed by atoms with Gasteiger partial charge in [-0.1, -0.05) is 0 Å². The van der Waals surface area contributed by atoms with Crippen molar-refractivity contribution in [1.82, 2.24) is 0 Å². The van der Waals surface area contributed by atoms with Crippen LogP contribution in [0.25, 0.3) is 0 Å². The molecule has 0 N–H and O–H groups in total. The summed E-state index contributed by atoms with van der Waals surface area (Å²) >= 11 is -2.18. The van der Waals surface area contributed by atoms with Gasteiger partial charge in [0.1, 0.15) is 0 Å². The van der Waals surface area contributed by atoms with E-state index in [2.05, 4.69) is 6.92 Å². The second-order valence-corrected chi connectivity index (χ2v) is 5.73. The monoisotopic (exact) mass is 284 g/mol. The van der Waals surface area contributed by atoms with E-state index in [0.717, 1.165) is 19.4 Å². The summed E-state index contributed by atoms with van der Waals surface area (Å²) in [4.78, 5) is 0. The minimum atomic E-state index is -2.18. The molecule has 0 aliphatic heterocycles. The average Bonchev–Trinajstić information content (AvgIpc) is 2.06. The molecule has 4 heteroatoms. The zero-order valence-electron chi connectivity index (χ0n) is 8.21. The molecule has 0 aromatic heterocycles. The molecule has 0 saturated carbocycles. The Morgan fingerprint density at radius 3 is 1.92 bits per heavy atom. The summed E-state index contributed by atoms with van der Waals surface area (Å²) in [5, 5.41) is 0. The van der Waals surface area contributed by atoms with Crippen LogP contribution in [0.1, 0.15) is 33.6 Å². The first-order valence-corrected chi connectivity index (χ1v) is 7.66. The molecular weight excluding hydrogens is 266 g/mol. The third-order valence-electron chi connectivity index (χ3n) is 1.16. The van der Waals surface area contributed by atoms with Gasteiger partial charge in [-0.25, -0.2) is 0 Å². The molecule has 0 atom stereocenters. The van der Waals surface area contributed by atoms with Crippen molar-refractivity contribution in [3.05, 3.63) is 0 Å². The summed E-state index contributed by atoms with van der Waals surface area (Å²) in [6.07, 6.45) is 2.26. The molecule has 74 valence electrons. The molecule has 0 aliphatic carbocycles. The summed E-state index contributed by atoms with van der Waals surface area (Å²) < 4.78 is 16.2. The first-order valence-electron chi connectivity index (χ1n) is 4.54. The van der Waals surface area contributed by atoms with Gasteiger partial charge >= 0.3 is 84.0 Å². The fourth-order valence-electron chi connectivity index (χ4n) is 0.606. The number of hydrogen-bond donors (Lipinski definition) is 0. The molecule has 12 heavy (non-hydrogen) atoms. The SMILES string of the molecule is CCCC[O][Sb]([O]CC)[O]CC. The van der Waals surface area contributed by atoms with Gasteiger partial charge in [-0.3, -0.25) is 0 Å². The van der Waals surface area contributed by atoms with E-state index in [0.29, 0.717) is 13.2 Å². The normalized spacial score (nSPS) is 11.0. The Hall–Kier alpha value is 0.698. The van der Waals surface area contributed by atoms with E-state index in [1.165, 1.54) is 0 Å². The van der Waals surface area contributed by atoms with Gasteiger partial charge < -0.3 is 0 Å². The minimum absolute atomic E-state index is 0.703. The summed E-state index contributed by atoms with van der Waals surface area (Å²) in [6, 6.07) is 0. The van der Waals surface area contributed by atoms with E-state index < -0.39 is 21.5 Å². The molecule has 0 aliphatic rings. The van der Waals surface area contributed by atoms with Gasteiger partial charge in [0, 0.05) is 0 Å². The van der Waals surface area contributed by atoms with Crippen LogP contribution < -0.4 is 0 Å². The van der Waals surface area contributed by atoms with Crippen molar-refractivity contribution in [3.63, 3.8) is 0 Å². The van der Waals surface area contributed by atoms with E-state index in [1.54, 1.807) is 0 Å². The molecule has 0 unspecified atom stereocenters. The first kappa shape index (κ1) is 12.7. The molecular formula is C8H19O3Sb. The molecule has 0 saturated heterocycles. The van der Waals surface area contributed by atoms with Gasteiger partial charge in [-0.15, -0.1) is 0 Å². The fraction of sp³-hybridized carbons (Fsp3) is 1.00. The predicted molar refractivity (Wildman–Crippen MR) is 49.9 cm³/mol. The van der Waals surface area contributed by atoms with E-state index in [1.807, 2.05) is 13.8 Å². The van der Waals surface area contributed by atoms with Crippen LogP contribution in [0.15, 0.2) is 0 Å². The average molecular weight is 285 g/mol. The van der Waals surface area contributed by atoms with Crippen molar-refractivity contribution in [2.45, 2.75) is 33.6 Å². The zero-order chi connectivity index (χ0) is 9.23. The Kier molecular flexibility index (Phi) is 10.4. The summed E-state index contributed by atoms with van der Waals surface area (Å²) in [5.41, 5.74) is 0. The van der Waals surface area contributed by atoms with Crippen molar-refractivity contribution in [1.29, 1.82) is 0 Å². The molecule has 0 aromatic carbocycles. The van der Waals surface area contributed by atoms with Crippen LogP contribution in [0.4, 0.5) is 0 Å². The summed E-state index contributed by atoms with van der Waals surface area (Å²) in [6.45, 7) is 8.29. The van der Waals surface area contributed by atoms with Gasteiger partial charge in [-0.05, 0) is 0 Å². The Morgan fingerprint density at radius 1 is 0.917 bits per heavy atom. The Labute approximate surface area is 84.0 Å². The second-order valence-electron chi connectivity index (χ2n) is 2.25. The zero-order valence-corrected chi connectivity index (χ0v) is 10.8. The van der Waals surface area contributed by atoms with E-state index in [-0.39, 0.29) is 0 Å². The van der Waals surface area contributed by atoms with Gasteiger partial charge in [0.2, 0.25) is 0 Å². The van der Waals surface area contributed by atoms with Crippen molar-refractivity contribution in [2.75, 3.05) is 19.8 Å². The van der Waals surface area contributed by atoms with Crippen LogP contribution in [0, 0.1) is 0 Å². The van der Waals surface area contributed by atoms with E-state index >= 15 is 0 Å². The maximum atomic E-state index is 5.50. The van der Waals surface area contributed by atoms with Gasteiger partial charge in [0.15, 0.2) is 0 Å². The maximum absolute atomic E-state index is 5.50. The Bertz CT molecular complexity index is 84.4. The summed E-state index contributed by atoms with van der Waals surface area (Å²) in [7, 11) is 0. The molecule has 3 nitrogen and oxygen atoms in total. The van der Waals surface area contributed by atoms with E-state index in [4.69, 9.17) is 9.05 Å².